The maximum atomic E-state index is 9.17. The van der Waals surface area contributed by atoms with E-state index in [1.165, 1.54) is 0 Å². The Morgan fingerprint density at radius 2 is 1.95 bits per heavy atom. The van der Waals surface area contributed by atoms with Crippen molar-refractivity contribution in [1.29, 1.82) is 0 Å². The second-order valence-electron chi connectivity index (χ2n) is 5.67. The van der Waals surface area contributed by atoms with Crippen molar-refractivity contribution in [3.8, 4) is 0 Å². The first-order valence-electron chi connectivity index (χ1n) is 6.46. The molecule has 0 aliphatic carbocycles. The van der Waals surface area contributed by atoms with E-state index in [0.29, 0.717) is 12.1 Å². The summed E-state index contributed by atoms with van der Waals surface area (Å²) < 4.78 is 0. The third-order valence-electron chi connectivity index (χ3n) is 3.12. The first-order chi connectivity index (χ1) is 9.00. The van der Waals surface area contributed by atoms with Crippen LogP contribution in [-0.4, -0.2) is 32.7 Å². The minimum absolute atomic E-state index is 0.0434. The lowest BCUT2D eigenvalue weighted by Crippen LogP contribution is -2.35. The molecule has 2 aromatic heterocycles. The maximum Gasteiger partial charge on any atom is 0.180 e. The third kappa shape index (κ3) is 3.38. The van der Waals surface area contributed by atoms with Crippen LogP contribution >= 0.6 is 0 Å². The summed E-state index contributed by atoms with van der Waals surface area (Å²) in [5, 5.41) is 12.5. The summed E-state index contributed by atoms with van der Waals surface area (Å²) >= 11 is 0. The van der Waals surface area contributed by atoms with Crippen LogP contribution in [0.25, 0.3) is 11.2 Å². The highest BCUT2D eigenvalue weighted by atomic mass is 16.3. The van der Waals surface area contributed by atoms with E-state index < -0.39 is 0 Å². The summed E-state index contributed by atoms with van der Waals surface area (Å²) in [5.41, 5.74) is 1.45. The first-order valence-corrected chi connectivity index (χ1v) is 6.46. The number of aromatic nitrogens is 3. The normalized spacial score (nSPS) is 13.5. The summed E-state index contributed by atoms with van der Waals surface area (Å²) in [7, 11) is 0. The quantitative estimate of drug-likeness (QED) is 0.882. The Morgan fingerprint density at radius 1 is 1.21 bits per heavy atom. The molecule has 0 spiro atoms. The Balaban J connectivity index is 2.23. The molecular weight excluding hydrogens is 240 g/mol. The van der Waals surface area contributed by atoms with Gasteiger partial charge in [-0.15, -0.1) is 0 Å². The minimum Gasteiger partial charge on any atom is -0.396 e. The molecule has 0 radical (unpaired) electrons. The molecule has 1 unspecified atom stereocenters. The molecule has 5 heteroatoms. The molecule has 0 saturated carbocycles. The fourth-order valence-corrected chi connectivity index (χ4v) is 1.96. The summed E-state index contributed by atoms with van der Waals surface area (Å²) in [5.74, 6) is 0.765. The van der Waals surface area contributed by atoms with Gasteiger partial charge in [-0.2, -0.15) is 0 Å². The van der Waals surface area contributed by atoms with Crippen LogP contribution in [0, 0.1) is 5.41 Å². The van der Waals surface area contributed by atoms with Gasteiger partial charge in [-0.25, -0.2) is 9.97 Å². The number of anilines is 1. The van der Waals surface area contributed by atoms with Gasteiger partial charge in [-0.1, -0.05) is 20.8 Å². The van der Waals surface area contributed by atoms with Crippen molar-refractivity contribution in [2.75, 3.05) is 11.9 Å². The molecule has 2 aromatic rings. The van der Waals surface area contributed by atoms with Crippen molar-refractivity contribution in [3.63, 3.8) is 0 Å². The van der Waals surface area contributed by atoms with Crippen LogP contribution in [-0.2, 0) is 0 Å². The summed E-state index contributed by atoms with van der Waals surface area (Å²) in [6, 6.07) is 3.95. The zero-order valence-electron chi connectivity index (χ0n) is 11.6. The lowest BCUT2D eigenvalue weighted by atomic mass is 9.85. The molecule has 0 fully saturated rings. The van der Waals surface area contributed by atoms with Gasteiger partial charge >= 0.3 is 0 Å². The SMILES string of the molecule is CC(C)(C)C(CCO)Nc1ccc2nccnc2n1. The lowest BCUT2D eigenvalue weighted by Gasteiger charge is -2.31. The van der Waals surface area contributed by atoms with Crippen molar-refractivity contribution in [3.05, 3.63) is 24.5 Å². The lowest BCUT2D eigenvalue weighted by molar-refractivity contribution is 0.235. The number of rotatable bonds is 4. The van der Waals surface area contributed by atoms with Gasteiger partial charge in [-0.05, 0) is 24.0 Å². The predicted octanol–water partition coefficient (Wildman–Crippen LogP) is 2.23. The molecule has 0 bridgehead atoms. The standard InChI is InChI=1S/C14H20N4O/c1-14(2,3)11(6-9-19)17-12-5-4-10-13(18-12)16-8-7-15-10/h4-5,7-8,11,19H,6,9H2,1-3H3,(H,16,17,18). The first kappa shape index (κ1) is 13.7. The number of nitrogens with zero attached hydrogens (tertiary/aromatic N) is 3. The molecule has 0 saturated heterocycles. The van der Waals surface area contributed by atoms with Crippen molar-refractivity contribution < 1.29 is 5.11 Å². The van der Waals surface area contributed by atoms with Gasteiger partial charge in [0.15, 0.2) is 5.65 Å². The Labute approximate surface area is 113 Å². The van der Waals surface area contributed by atoms with Crippen molar-refractivity contribution in [2.45, 2.75) is 33.2 Å². The largest absolute Gasteiger partial charge is 0.396 e. The van der Waals surface area contributed by atoms with E-state index in [4.69, 9.17) is 5.11 Å². The predicted molar refractivity (Wildman–Crippen MR) is 75.9 cm³/mol. The molecule has 2 rings (SSSR count). The third-order valence-corrected chi connectivity index (χ3v) is 3.12. The summed E-state index contributed by atoms with van der Waals surface area (Å²) in [6.07, 6.45) is 3.97. The Kier molecular flexibility index (Phi) is 3.95. The monoisotopic (exact) mass is 260 g/mol. The van der Waals surface area contributed by atoms with Gasteiger partial charge in [0.1, 0.15) is 11.3 Å². The van der Waals surface area contributed by atoms with Crippen LogP contribution in [0.3, 0.4) is 0 Å². The second kappa shape index (κ2) is 5.48. The van der Waals surface area contributed by atoms with Gasteiger partial charge in [0.25, 0.3) is 0 Å². The molecule has 102 valence electrons. The highest BCUT2D eigenvalue weighted by Gasteiger charge is 2.24. The molecular formula is C14H20N4O. The van der Waals surface area contributed by atoms with Crippen molar-refractivity contribution in [2.24, 2.45) is 5.41 Å². The molecule has 2 N–H and O–H groups in total. The van der Waals surface area contributed by atoms with Gasteiger partial charge in [-0.3, -0.25) is 4.98 Å². The smallest absolute Gasteiger partial charge is 0.180 e. The van der Waals surface area contributed by atoms with E-state index in [-0.39, 0.29) is 18.1 Å². The molecule has 1 atom stereocenters. The van der Waals surface area contributed by atoms with Crippen molar-refractivity contribution >= 4 is 17.0 Å². The fraction of sp³-hybridized carbons (Fsp3) is 0.500. The van der Waals surface area contributed by atoms with Gasteiger partial charge in [0.2, 0.25) is 0 Å². The van der Waals surface area contributed by atoms with Gasteiger partial charge in [0.05, 0.1) is 0 Å². The van der Waals surface area contributed by atoms with Crippen LogP contribution in [0.15, 0.2) is 24.5 Å². The number of hydrogen-bond acceptors (Lipinski definition) is 5. The van der Waals surface area contributed by atoms with E-state index in [9.17, 15) is 0 Å². The van der Waals surface area contributed by atoms with Crippen LogP contribution in [0.2, 0.25) is 0 Å². The Bertz CT molecular complexity index is 550. The summed E-state index contributed by atoms with van der Waals surface area (Å²) in [6.45, 7) is 6.58. The fourth-order valence-electron chi connectivity index (χ4n) is 1.96. The zero-order chi connectivity index (χ0) is 13.9. The van der Waals surface area contributed by atoms with E-state index in [2.05, 4.69) is 41.0 Å². The molecule has 0 aliphatic heterocycles. The number of nitrogens with one attached hydrogen (secondary N) is 1. The van der Waals surface area contributed by atoms with E-state index in [1.54, 1.807) is 12.4 Å². The average molecular weight is 260 g/mol. The van der Waals surface area contributed by atoms with E-state index in [1.807, 2.05) is 12.1 Å². The van der Waals surface area contributed by atoms with E-state index in [0.717, 1.165) is 11.3 Å². The number of pyridine rings is 1. The number of aliphatic hydroxyl groups is 1. The van der Waals surface area contributed by atoms with Gasteiger partial charge < -0.3 is 10.4 Å². The van der Waals surface area contributed by atoms with Crippen LogP contribution in [0.1, 0.15) is 27.2 Å². The summed E-state index contributed by atoms with van der Waals surface area (Å²) in [4.78, 5) is 12.8. The van der Waals surface area contributed by atoms with E-state index >= 15 is 0 Å². The number of hydrogen-bond donors (Lipinski definition) is 2. The van der Waals surface area contributed by atoms with Gasteiger partial charge in [0, 0.05) is 25.0 Å². The van der Waals surface area contributed by atoms with Crippen LogP contribution < -0.4 is 5.32 Å². The highest BCUT2D eigenvalue weighted by molar-refractivity contribution is 5.71. The molecule has 0 aliphatic rings. The van der Waals surface area contributed by atoms with Crippen LogP contribution in [0.5, 0.6) is 0 Å². The van der Waals surface area contributed by atoms with Crippen LogP contribution in [0.4, 0.5) is 5.82 Å². The molecule has 5 nitrogen and oxygen atoms in total. The molecule has 19 heavy (non-hydrogen) atoms. The maximum absolute atomic E-state index is 9.17. The Morgan fingerprint density at radius 3 is 2.63 bits per heavy atom. The van der Waals surface area contributed by atoms with Crippen molar-refractivity contribution in [1.82, 2.24) is 15.0 Å². The zero-order valence-corrected chi connectivity index (χ0v) is 11.6. The molecule has 0 aromatic carbocycles. The number of fused-ring (bicyclic) bond motifs is 1. The second-order valence-corrected chi connectivity index (χ2v) is 5.67. The molecule has 0 amide bonds. The minimum atomic E-state index is 0.0434. The Hall–Kier alpha value is -1.75. The topological polar surface area (TPSA) is 70.9 Å². The molecule has 2 heterocycles. The number of aliphatic hydroxyl groups excluding tert-OH is 1. The highest BCUT2D eigenvalue weighted by Crippen LogP contribution is 2.25. The average Bonchev–Trinajstić information content (AvgIpc) is 2.37.